The summed E-state index contributed by atoms with van der Waals surface area (Å²) in [6.07, 6.45) is 0. The van der Waals surface area contributed by atoms with Crippen LogP contribution in [0.25, 0.3) is 0 Å². The molecule has 0 spiro atoms. The lowest BCUT2D eigenvalue weighted by molar-refractivity contribution is -0.121. The Bertz CT molecular complexity index is 529. The van der Waals surface area contributed by atoms with Crippen molar-refractivity contribution in [3.8, 4) is 0 Å². The summed E-state index contributed by atoms with van der Waals surface area (Å²) in [6.45, 7) is 12.9. The van der Waals surface area contributed by atoms with E-state index in [9.17, 15) is 4.79 Å². The van der Waals surface area contributed by atoms with Gasteiger partial charge in [-0.25, -0.2) is 0 Å². The molecule has 1 atom stereocenters. The van der Waals surface area contributed by atoms with Gasteiger partial charge in [0.25, 0.3) is 0 Å². The number of benzene rings is 1. The average molecular weight is 333 g/mol. The molecule has 1 aromatic carbocycles. The highest BCUT2D eigenvalue weighted by Gasteiger charge is 2.25. The van der Waals surface area contributed by atoms with Gasteiger partial charge in [-0.2, -0.15) is 0 Å². The molecule has 5 heteroatoms. The first-order chi connectivity index (χ1) is 11.3. The van der Waals surface area contributed by atoms with Gasteiger partial charge in [0, 0.05) is 38.4 Å². The van der Waals surface area contributed by atoms with Crippen LogP contribution in [0.4, 0.5) is 5.69 Å². The van der Waals surface area contributed by atoms with Gasteiger partial charge in [-0.1, -0.05) is 32.9 Å². The molecular weight excluding hydrogens is 302 g/mol. The highest BCUT2D eigenvalue weighted by molar-refractivity contribution is 5.94. The van der Waals surface area contributed by atoms with Crippen LogP contribution in [0.5, 0.6) is 0 Å². The van der Waals surface area contributed by atoms with Crippen molar-refractivity contribution in [2.75, 3.05) is 44.6 Å². The fourth-order valence-electron chi connectivity index (χ4n) is 2.98. The molecule has 2 rings (SSSR count). The van der Waals surface area contributed by atoms with Crippen molar-refractivity contribution >= 4 is 11.6 Å². The predicted octanol–water partition coefficient (Wildman–Crippen LogP) is 1.92. The Morgan fingerprint density at radius 3 is 2.25 bits per heavy atom. The van der Waals surface area contributed by atoms with E-state index >= 15 is 0 Å². The summed E-state index contributed by atoms with van der Waals surface area (Å²) in [7, 11) is 0. The van der Waals surface area contributed by atoms with Crippen LogP contribution < -0.4 is 5.32 Å². The van der Waals surface area contributed by atoms with Crippen LogP contribution in [0.15, 0.2) is 24.3 Å². The largest absolute Gasteiger partial charge is 0.395 e. The Morgan fingerprint density at radius 2 is 1.75 bits per heavy atom. The van der Waals surface area contributed by atoms with E-state index in [4.69, 9.17) is 5.11 Å². The fourth-order valence-corrected chi connectivity index (χ4v) is 2.98. The van der Waals surface area contributed by atoms with Crippen LogP contribution in [-0.4, -0.2) is 66.2 Å². The SMILES string of the molecule is CC(C(=O)Nc1ccc(C(C)(C)C)cc1)N1CCN(CCO)CC1. The van der Waals surface area contributed by atoms with Gasteiger partial charge in [-0.3, -0.25) is 14.6 Å². The van der Waals surface area contributed by atoms with Gasteiger partial charge in [0.05, 0.1) is 12.6 Å². The molecule has 0 radical (unpaired) electrons. The molecule has 24 heavy (non-hydrogen) atoms. The number of amides is 1. The summed E-state index contributed by atoms with van der Waals surface area (Å²) < 4.78 is 0. The highest BCUT2D eigenvalue weighted by atomic mass is 16.3. The maximum atomic E-state index is 12.5. The van der Waals surface area contributed by atoms with Crippen molar-refractivity contribution in [2.24, 2.45) is 0 Å². The van der Waals surface area contributed by atoms with E-state index in [1.165, 1.54) is 5.56 Å². The van der Waals surface area contributed by atoms with Gasteiger partial charge in [0.1, 0.15) is 0 Å². The van der Waals surface area contributed by atoms with E-state index < -0.39 is 0 Å². The molecule has 1 amide bonds. The first-order valence-corrected chi connectivity index (χ1v) is 8.80. The smallest absolute Gasteiger partial charge is 0.241 e. The molecule has 0 saturated carbocycles. The zero-order valence-electron chi connectivity index (χ0n) is 15.4. The number of piperazine rings is 1. The number of carbonyl (C=O) groups is 1. The molecule has 1 saturated heterocycles. The normalized spacial score (nSPS) is 18.4. The van der Waals surface area contributed by atoms with Crippen molar-refractivity contribution in [1.29, 1.82) is 0 Å². The molecule has 1 aliphatic heterocycles. The molecule has 0 aromatic heterocycles. The Labute approximate surface area is 145 Å². The Morgan fingerprint density at radius 1 is 1.17 bits per heavy atom. The van der Waals surface area contributed by atoms with Gasteiger partial charge in [-0.05, 0) is 30.0 Å². The summed E-state index contributed by atoms with van der Waals surface area (Å²) in [5, 5.41) is 12.0. The molecule has 0 aliphatic carbocycles. The van der Waals surface area contributed by atoms with Gasteiger partial charge in [0.2, 0.25) is 5.91 Å². The second-order valence-electron chi connectivity index (χ2n) is 7.59. The molecule has 1 unspecified atom stereocenters. The second-order valence-corrected chi connectivity index (χ2v) is 7.59. The Hall–Kier alpha value is -1.43. The summed E-state index contributed by atoms with van der Waals surface area (Å²) in [6, 6.07) is 7.96. The van der Waals surface area contributed by atoms with Crippen molar-refractivity contribution in [1.82, 2.24) is 9.80 Å². The molecule has 0 bridgehead atoms. The van der Waals surface area contributed by atoms with E-state index in [2.05, 4.69) is 48.0 Å². The molecule has 2 N–H and O–H groups in total. The van der Waals surface area contributed by atoms with Gasteiger partial charge < -0.3 is 10.4 Å². The maximum Gasteiger partial charge on any atom is 0.241 e. The first kappa shape index (κ1) is 18.9. The van der Waals surface area contributed by atoms with E-state index in [1.54, 1.807) is 0 Å². The van der Waals surface area contributed by atoms with Crippen molar-refractivity contribution in [3.05, 3.63) is 29.8 Å². The molecule has 1 aliphatic rings. The minimum atomic E-state index is -0.149. The van der Waals surface area contributed by atoms with Gasteiger partial charge in [-0.15, -0.1) is 0 Å². The van der Waals surface area contributed by atoms with Crippen LogP contribution in [0.2, 0.25) is 0 Å². The summed E-state index contributed by atoms with van der Waals surface area (Å²) in [5.74, 6) is 0.0362. The van der Waals surface area contributed by atoms with Crippen molar-refractivity contribution < 1.29 is 9.90 Å². The number of anilines is 1. The number of aliphatic hydroxyl groups is 1. The summed E-state index contributed by atoms with van der Waals surface area (Å²) in [4.78, 5) is 16.9. The van der Waals surface area contributed by atoms with Crippen LogP contribution in [-0.2, 0) is 10.2 Å². The van der Waals surface area contributed by atoms with Crippen LogP contribution in [0.1, 0.15) is 33.3 Å². The molecule has 1 heterocycles. The monoisotopic (exact) mass is 333 g/mol. The third kappa shape index (κ3) is 5.03. The first-order valence-electron chi connectivity index (χ1n) is 8.80. The summed E-state index contributed by atoms with van der Waals surface area (Å²) >= 11 is 0. The van der Waals surface area contributed by atoms with E-state index in [1.807, 2.05) is 19.1 Å². The topological polar surface area (TPSA) is 55.8 Å². The Balaban J connectivity index is 1.88. The maximum absolute atomic E-state index is 12.5. The van der Waals surface area contributed by atoms with Crippen LogP contribution >= 0.6 is 0 Å². The zero-order chi connectivity index (χ0) is 17.7. The standard InChI is InChI=1S/C19H31N3O2/c1-15(22-11-9-21(10-12-22)13-14-23)18(24)20-17-7-5-16(6-8-17)19(2,3)4/h5-8,15,23H,9-14H2,1-4H3,(H,20,24). The minimum Gasteiger partial charge on any atom is -0.395 e. The fraction of sp³-hybridized carbons (Fsp3) is 0.632. The second kappa shape index (κ2) is 8.10. The molecule has 134 valence electrons. The number of carbonyl (C=O) groups excluding carboxylic acids is 1. The molecular formula is C19H31N3O2. The Kier molecular flexibility index (Phi) is 6.38. The van der Waals surface area contributed by atoms with Gasteiger partial charge >= 0.3 is 0 Å². The lowest BCUT2D eigenvalue weighted by atomic mass is 9.87. The number of aliphatic hydroxyl groups excluding tert-OH is 1. The number of nitrogens with zero attached hydrogens (tertiary/aromatic N) is 2. The zero-order valence-corrected chi connectivity index (χ0v) is 15.4. The van der Waals surface area contributed by atoms with Crippen molar-refractivity contribution in [2.45, 2.75) is 39.2 Å². The summed E-state index contributed by atoms with van der Waals surface area (Å²) in [5.41, 5.74) is 2.22. The van der Waals surface area contributed by atoms with E-state index in [-0.39, 0.29) is 24.0 Å². The minimum absolute atomic E-state index is 0.0362. The van der Waals surface area contributed by atoms with E-state index in [0.29, 0.717) is 6.54 Å². The number of hydrogen-bond donors (Lipinski definition) is 2. The lowest BCUT2D eigenvalue weighted by Gasteiger charge is -2.37. The third-order valence-corrected chi connectivity index (χ3v) is 4.77. The molecule has 1 aromatic rings. The number of β-amino-alcohol motifs (C(OH)–C–C–N with tert-alkyl or cyclic N) is 1. The average Bonchev–Trinajstić information content (AvgIpc) is 2.55. The van der Waals surface area contributed by atoms with Crippen LogP contribution in [0.3, 0.4) is 0 Å². The third-order valence-electron chi connectivity index (χ3n) is 4.77. The number of hydrogen-bond acceptors (Lipinski definition) is 4. The highest BCUT2D eigenvalue weighted by Crippen LogP contribution is 2.23. The molecule has 5 nitrogen and oxygen atoms in total. The molecule has 1 fully saturated rings. The number of nitrogens with one attached hydrogen (secondary N) is 1. The van der Waals surface area contributed by atoms with Crippen LogP contribution in [0, 0.1) is 0 Å². The number of rotatable bonds is 5. The van der Waals surface area contributed by atoms with Crippen molar-refractivity contribution in [3.63, 3.8) is 0 Å². The van der Waals surface area contributed by atoms with Gasteiger partial charge in [0.15, 0.2) is 0 Å². The predicted molar refractivity (Wildman–Crippen MR) is 98.3 cm³/mol. The van der Waals surface area contributed by atoms with E-state index in [0.717, 1.165) is 31.9 Å². The lowest BCUT2D eigenvalue weighted by Crippen LogP contribution is -2.53. The quantitative estimate of drug-likeness (QED) is 0.864.